The fraction of sp³-hybridized carbons (Fsp3) is 0.700. The molecule has 0 fully saturated rings. The number of nitrogens with zero attached hydrogens (tertiary/aromatic N) is 3. The maximum atomic E-state index is 10.7. The molecular weight excluding hydrogens is 208 g/mol. The van der Waals surface area contributed by atoms with Gasteiger partial charge in [0.1, 0.15) is 5.69 Å². The fourth-order valence-electron chi connectivity index (χ4n) is 1.43. The van der Waals surface area contributed by atoms with Gasteiger partial charge in [-0.05, 0) is 18.8 Å². The quantitative estimate of drug-likeness (QED) is 0.631. The van der Waals surface area contributed by atoms with Gasteiger partial charge in [0.15, 0.2) is 0 Å². The molecule has 0 bridgehead atoms. The van der Waals surface area contributed by atoms with E-state index in [9.17, 15) is 10.1 Å². The molecule has 0 amide bonds. The van der Waals surface area contributed by atoms with Crippen LogP contribution in [-0.2, 0) is 6.54 Å². The fourth-order valence-corrected chi connectivity index (χ4v) is 1.43. The number of nitrogen functional groups attached to an aromatic ring is 1. The third-order valence-electron chi connectivity index (χ3n) is 2.39. The number of anilines is 1. The highest BCUT2D eigenvalue weighted by atomic mass is 16.6. The molecule has 1 aromatic rings. The first kappa shape index (κ1) is 12.5. The minimum Gasteiger partial charge on any atom is -0.378 e. The zero-order valence-corrected chi connectivity index (χ0v) is 10.1. The number of rotatable bonds is 3. The lowest BCUT2D eigenvalue weighted by molar-refractivity contribution is -0.384. The predicted molar refractivity (Wildman–Crippen MR) is 62.1 cm³/mol. The minimum absolute atomic E-state index is 0.0751. The lowest BCUT2D eigenvalue weighted by Crippen LogP contribution is -2.13. The third kappa shape index (κ3) is 2.71. The summed E-state index contributed by atoms with van der Waals surface area (Å²) in [4.78, 5) is 10.2. The molecule has 1 heterocycles. The maximum absolute atomic E-state index is 10.7. The molecule has 0 spiro atoms. The molecule has 0 aliphatic heterocycles. The van der Waals surface area contributed by atoms with Crippen LogP contribution in [0.1, 0.15) is 32.9 Å². The van der Waals surface area contributed by atoms with Gasteiger partial charge in [-0.2, -0.15) is 5.10 Å². The first-order valence-electron chi connectivity index (χ1n) is 5.19. The summed E-state index contributed by atoms with van der Waals surface area (Å²) in [5.41, 5.74) is 6.14. The van der Waals surface area contributed by atoms with Crippen LogP contribution in [0.15, 0.2) is 0 Å². The monoisotopic (exact) mass is 226 g/mol. The molecule has 6 heteroatoms. The molecule has 0 aliphatic rings. The molecule has 0 radical (unpaired) electrons. The summed E-state index contributed by atoms with van der Waals surface area (Å²) in [5.74, 6) is 0.145. The van der Waals surface area contributed by atoms with Gasteiger partial charge in [-0.15, -0.1) is 0 Å². The zero-order chi connectivity index (χ0) is 12.5. The van der Waals surface area contributed by atoms with Crippen molar-refractivity contribution in [3.8, 4) is 0 Å². The van der Waals surface area contributed by atoms with Gasteiger partial charge in [0.25, 0.3) is 0 Å². The Morgan fingerprint density at radius 1 is 1.50 bits per heavy atom. The van der Waals surface area contributed by atoms with Gasteiger partial charge in [0.2, 0.25) is 5.82 Å². The lowest BCUT2D eigenvalue weighted by Gasteiger charge is -2.17. The number of hydrogen-bond donors (Lipinski definition) is 1. The van der Waals surface area contributed by atoms with Crippen LogP contribution in [0.5, 0.6) is 0 Å². The van der Waals surface area contributed by atoms with E-state index in [4.69, 9.17) is 5.73 Å². The van der Waals surface area contributed by atoms with Gasteiger partial charge in [-0.25, -0.2) is 4.68 Å². The normalized spacial score (nSPS) is 11.8. The number of aryl methyl sites for hydroxylation is 2. The number of aromatic nitrogens is 2. The van der Waals surface area contributed by atoms with Crippen LogP contribution in [0, 0.1) is 22.5 Å². The summed E-state index contributed by atoms with van der Waals surface area (Å²) < 4.78 is 1.51. The minimum atomic E-state index is -0.481. The van der Waals surface area contributed by atoms with E-state index in [1.165, 1.54) is 4.68 Å². The molecular formula is C10H18N4O2. The molecule has 6 nitrogen and oxygen atoms in total. The van der Waals surface area contributed by atoms with E-state index in [0.29, 0.717) is 12.2 Å². The highest BCUT2D eigenvalue weighted by Gasteiger charge is 2.23. The molecule has 1 rings (SSSR count). The second-order valence-corrected chi connectivity index (χ2v) is 5.11. The van der Waals surface area contributed by atoms with Crippen LogP contribution in [-0.4, -0.2) is 14.7 Å². The van der Waals surface area contributed by atoms with Gasteiger partial charge < -0.3 is 5.73 Å². The largest absolute Gasteiger partial charge is 0.378 e. The van der Waals surface area contributed by atoms with Crippen LogP contribution in [0.25, 0.3) is 0 Å². The average molecular weight is 226 g/mol. The molecule has 0 atom stereocenters. The second kappa shape index (κ2) is 4.11. The SMILES string of the molecule is Cc1nn(CCC(C)(C)C)c(N)c1[N+](=O)[O-]. The van der Waals surface area contributed by atoms with E-state index >= 15 is 0 Å². The summed E-state index contributed by atoms with van der Waals surface area (Å²) in [7, 11) is 0. The third-order valence-corrected chi connectivity index (χ3v) is 2.39. The van der Waals surface area contributed by atoms with Crippen molar-refractivity contribution in [2.24, 2.45) is 5.41 Å². The van der Waals surface area contributed by atoms with E-state index in [1.54, 1.807) is 6.92 Å². The van der Waals surface area contributed by atoms with E-state index in [-0.39, 0.29) is 16.9 Å². The van der Waals surface area contributed by atoms with E-state index in [0.717, 1.165) is 6.42 Å². The van der Waals surface area contributed by atoms with E-state index in [2.05, 4.69) is 25.9 Å². The molecule has 0 saturated heterocycles. The van der Waals surface area contributed by atoms with Crippen molar-refractivity contribution in [2.45, 2.75) is 40.7 Å². The number of nitro groups is 1. The Hall–Kier alpha value is -1.59. The van der Waals surface area contributed by atoms with Crippen molar-refractivity contribution >= 4 is 11.5 Å². The Kier molecular flexibility index (Phi) is 3.21. The van der Waals surface area contributed by atoms with Gasteiger partial charge >= 0.3 is 5.69 Å². The van der Waals surface area contributed by atoms with Crippen LogP contribution < -0.4 is 5.73 Å². The van der Waals surface area contributed by atoms with Crippen LogP contribution in [0.3, 0.4) is 0 Å². The molecule has 2 N–H and O–H groups in total. The maximum Gasteiger partial charge on any atom is 0.333 e. The Morgan fingerprint density at radius 2 is 2.06 bits per heavy atom. The van der Waals surface area contributed by atoms with Crippen molar-refractivity contribution < 1.29 is 4.92 Å². The smallest absolute Gasteiger partial charge is 0.333 e. The van der Waals surface area contributed by atoms with Crippen LogP contribution in [0.4, 0.5) is 11.5 Å². The molecule has 0 aliphatic carbocycles. The highest BCUT2D eigenvalue weighted by molar-refractivity contribution is 5.55. The van der Waals surface area contributed by atoms with Crippen LogP contribution >= 0.6 is 0 Å². The topological polar surface area (TPSA) is 87.0 Å². The first-order chi connectivity index (χ1) is 7.22. The van der Waals surface area contributed by atoms with Crippen molar-refractivity contribution in [1.82, 2.24) is 9.78 Å². The van der Waals surface area contributed by atoms with Gasteiger partial charge in [-0.3, -0.25) is 10.1 Å². The average Bonchev–Trinajstić information content (AvgIpc) is 2.36. The van der Waals surface area contributed by atoms with Crippen molar-refractivity contribution in [3.63, 3.8) is 0 Å². The van der Waals surface area contributed by atoms with Crippen molar-refractivity contribution in [1.29, 1.82) is 0 Å². The Balaban J connectivity index is 2.91. The summed E-state index contributed by atoms with van der Waals surface area (Å²) in [6.45, 7) is 8.52. The summed E-state index contributed by atoms with van der Waals surface area (Å²) in [5, 5.41) is 14.8. The Bertz CT molecular complexity index is 404. The molecule has 90 valence electrons. The van der Waals surface area contributed by atoms with Gasteiger partial charge in [-0.1, -0.05) is 20.8 Å². The molecule has 1 aromatic heterocycles. The second-order valence-electron chi connectivity index (χ2n) is 5.11. The molecule has 0 aromatic carbocycles. The van der Waals surface area contributed by atoms with Crippen molar-refractivity contribution in [2.75, 3.05) is 5.73 Å². The summed E-state index contributed by atoms with van der Waals surface area (Å²) in [6, 6.07) is 0. The van der Waals surface area contributed by atoms with Gasteiger partial charge in [0.05, 0.1) is 4.92 Å². The van der Waals surface area contributed by atoms with Crippen molar-refractivity contribution in [3.05, 3.63) is 15.8 Å². The highest BCUT2D eigenvalue weighted by Crippen LogP contribution is 2.27. The standard InChI is InChI=1S/C10H18N4O2/c1-7-8(14(15)16)9(11)13(12-7)6-5-10(2,3)4/h5-6,11H2,1-4H3. The summed E-state index contributed by atoms with van der Waals surface area (Å²) >= 11 is 0. The predicted octanol–water partition coefficient (Wildman–Crippen LogP) is 2.12. The van der Waals surface area contributed by atoms with E-state index < -0.39 is 4.92 Å². The van der Waals surface area contributed by atoms with Gasteiger partial charge in [0, 0.05) is 6.54 Å². The zero-order valence-electron chi connectivity index (χ0n) is 10.1. The Morgan fingerprint density at radius 3 is 2.44 bits per heavy atom. The molecule has 16 heavy (non-hydrogen) atoms. The first-order valence-corrected chi connectivity index (χ1v) is 5.19. The van der Waals surface area contributed by atoms with Crippen LogP contribution in [0.2, 0.25) is 0 Å². The van der Waals surface area contributed by atoms with E-state index in [1.807, 2.05) is 0 Å². The molecule has 0 unspecified atom stereocenters. The number of hydrogen-bond acceptors (Lipinski definition) is 4. The lowest BCUT2D eigenvalue weighted by atomic mass is 9.92. The Labute approximate surface area is 94.6 Å². The summed E-state index contributed by atoms with van der Waals surface area (Å²) in [6.07, 6.45) is 0.871. The number of nitrogens with two attached hydrogens (primary N) is 1. The molecule has 0 saturated carbocycles.